The number of carbonyl (C=O) groups is 1. The topological polar surface area (TPSA) is 92.7 Å². The summed E-state index contributed by atoms with van der Waals surface area (Å²) in [6.45, 7) is 0. The summed E-state index contributed by atoms with van der Waals surface area (Å²) in [5.74, 6) is -0.898. The Morgan fingerprint density at radius 1 is 1.44 bits per heavy atom. The number of rotatable bonds is 6. The number of carboxylic acids is 1. The zero-order valence-electron chi connectivity index (χ0n) is 9.53. The molecule has 1 aromatic rings. The van der Waals surface area contributed by atoms with Gasteiger partial charge in [0.15, 0.2) is 0 Å². The molecule has 1 aromatic carbocycles. The fraction of sp³-hybridized carbons (Fsp3) is 0.300. The predicted octanol–water partition coefficient (Wildman–Crippen LogP) is 0.356. The summed E-state index contributed by atoms with van der Waals surface area (Å²) in [6, 6.07) is 4.35. The average molecular weight is 291 g/mol. The summed E-state index contributed by atoms with van der Waals surface area (Å²) in [4.78, 5) is 10.7. The summed E-state index contributed by atoms with van der Waals surface area (Å²) in [7, 11) is -2.42. The van der Waals surface area contributed by atoms with E-state index in [-0.39, 0.29) is 10.6 Å². The molecule has 1 rings (SSSR count). The maximum atomic E-state index is 11.9. The number of carboxylic acid groups (broad SMARTS) is 1. The third-order valence-corrected chi connectivity index (χ3v) is 4.00. The number of nitrogens with one attached hydrogen (secondary N) is 1. The Bertz CT molecular complexity index is 512. The Morgan fingerprint density at radius 3 is 2.39 bits per heavy atom. The van der Waals surface area contributed by atoms with Gasteiger partial charge in [0.25, 0.3) is 0 Å². The molecule has 0 radical (unpaired) electrons. The molecule has 0 bridgehead atoms. The highest BCUT2D eigenvalue weighted by Crippen LogP contribution is 2.15. The highest BCUT2D eigenvalue weighted by Gasteiger charge is 2.24. The van der Waals surface area contributed by atoms with Crippen molar-refractivity contribution in [3.05, 3.63) is 24.3 Å². The number of hydrogen-bond donors (Lipinski definition) is 3. The molecular formula is C10H13NO5S2. The standard InChI is InChI=1S/C10H13NO5S2/c1-16-7-2-4-8(5-3-7)18(14,15)11-9(6-17)10(12)13/h2-5,9,11,17H,6H2,1H3,(H,12,13)/t9-/m0/s1. The molecule has 2 N–H and O–H groups in total. The molecule has 0 saturated carbocycles. The summed E-state index contributed by atoms with van der Waals surface area (Å²) < 4.78 is 30.7. The fourth-order valence-electron chi connectivity index (χ4n) is 1.18. The zero-order valence-corrected chi connectivity index (χ0v) is 11.2. The van der Waals surface area contributed by atoms with Crippen LogP contribution in [0.3, 0.4) is 0 Å². The largest absolute Gasteiger partial charge is 0.497 e. The molecule has 100 valence electrons. The van der Waals surface area contributed by atoms with Gasteiger partial charge in [0.05, 0.1) is 12.0 Å². The third-order valence-electron chi connectivity index (χ3n) is 2.15. The zero-order chi connectivity index (χ0) is 13.8. The van der Waals surface area contributed by atoms with E-state index >= 15 is 0 Å². The van der Waals surface area contributed by atoms with Crippen molar-refractivity contribution in [2.45, 2.75) is 10.9 Å². The molecule has 0 amide bonds. The highest BCUT2D eigenvalue weighted by atomic mass is 32.2. The molecule has 1 atom stereocenters. The lowest BCUT2D eigenvalue weighted by atomic mass is 10.3. The quantitative estimate of drug-likeness (QED) is 0.658. The summed E-state index contributed by atoms with van der Waals surface area (Å²) >= 11 is 3.78. The molecule has 6 nitrogen and oxygen atoms in total. The minimum absolute atomic E-state index is 0.0312. The van der Waals surface area contributed by atoms with Crippen LogP contribution >= 0.6 is 12.6 Å². The van der Waals surface area contributed by atoms with Gasteiger partial charge in [-0.25, -0.2) is 8.42 Å². The fourth-order valence-corrected chi connectivity index (χ4v) is 2.74. The monoisotopic (exact) mass is 291 g/mol. The molecule has 0 aromatic heterocycles. The van der Waals surface area contributed by atoms with E-state index in [4.69, 9.17) is 9.84 Å². The molecule has 0 heterocycles. The van der Waals surface area contributed by atoms with Crippen LogP contribution in [-0.4, -0.2) is 38.4 Å². The van der Waals surface area contributed by atoms with Crippen molar-refractivity contribution >= 4 is 28.6 Å². The maximum Gasteiger partial charge on any atom is 0.322 e. The van der Waals surface area contributed by atoms with Gasteiger partial charge in [-0.1, -0.05) is 0 Å². The number of sulfonamides is 1. The van der Waals surface area contributed by atoms with E-state index in [1.165, 1.54) is 31.4 Å². The summed E-state index contributed by atoms with van der Waals surface area (Å²) in [5.41, 5.74) is 0. The first kappa shape index (κ1) is 14.8. The highest BCUT2D eigenvalue weighted by molar-refractivity contribution is 7.89. The van der Waals surface area contributed by atoms with Crippen molar-refractivity contribution in [2.24, 2.45) is 0 Å². The summed E-state index contributed by atoms with van der Waals surface area (Å²) in [6.07, 6.45) is 0. The first-order chi connectivity index (χ1) is 8.40. The molecule has 18 heavy (non-hydrogen) atoms. The van der Waals surface area contributed by atoms with Gasteiger partial charge in [-0.2, -0.15) is 17.4 Å². The molecule has 0 spiro atoms. The van der Waals surface area contributed by atoms with Crippen molar-refractivity contribution in [3.63, 3.8) is 0 Å². The van der Waals surface area contributed by atoms with E-state index in [9.17, 15) is 13.2 Å². The van der Waals surface area contributed by atoms with Crippen molar-refractivity contribution < 1.29 is 23.1 Å². The van der Waals surface area contributed by atoms with Crippen LogP contribution in [0.4, 0.5) is 0 Å². The van der Waals surface area contributed by atoms with Crippen molar-refractivity contribution in [2.75, 3.05) is 12.9 Å². The smallest absolute Gasteiger partial charge is 0.322 e. The van der Waals surface area contributed by atoms with E-state index in [1.807, 2.05) is 0 Å². The van der Waals surface area contributed by atoms with E-state index in [0.29, 0.717) is 5.75 Å². The number of methoxy groups -OCH3 is 1. The molecule has 0 saturated heterocycles. The molecule has 0 unspecified atom stereocenters. The number of thiol groups is 1. The first-order valence-corrected chi connectivity index (χ1v) is 7.02. The molecule has 0 fully saturated rings. The van der Waals surface area contributed by atoms with Crippen molar-refractivity contribution in [1.82, 2.24) is 4.72 Å². The second kappa shape index (κ2) is 6.07. The Hall–Kier alpha value is -1.25. The van der Waals surface area contributed by atoms with E-state index in [1.54, 1.807) is 0 Å². The lowest BCUT2D eigenvalue weighted by Gasteiger charge is -2.12. The third kappa shape index (κ3) is 3.62. The van der Waals surface area contributed by atoms with Gasteiger partial charge in [0, 0.05) is 5.75 Å². The van der Waals surface area contributed by atoms with Gasteiger partial charge in [-0.05, 0) is 24.3 Å². The Kier molecular flexibility index (Phi) is 5.00. The number of aliphatic carboxylic acids is 1. The second-order valence-electron chi connectivity index (χ2n) is 3.37. The normalized spacial score (nSPS) is 13.0. The minimum atomic E-state index is -3.88. The van der Waals surface area contributed by atoms with Crippen LogP contribution in [0.5, 0.6) is 5.75 Å². The van der Waals surface area contributed by atoms with Crippen molar-refractivity contribution in [1.29, 1.82) is 0 Å². The maximum absolute atomic E-state index is 11.9. The number of ether oxygens (including phenoxy) is 1. The number of benzene rings is 1. The Morgan fingerprint density at radius 2 is 2.00 bits per heavy atom. The van der Waals surface area contributed by atoms with Crippen LogP contribution in [0.1, 0.15) is 0 Å². The van der Waals surface area contributed by atoms with Gasteiger partial charge >= 0.3 is 5.97 Å². The van der Waals surface area contributed by atoms with Crippen LogP contribution in [-0.2, 0) is 14.8 Å². The van der Waals surface area contributed by atoms with Gasteiger partial charge in [-0.15, -0.1) is 0 Å². The number of hydrogen-bond acceptors (Lipinski definition) is 5. The molecule has 8 heteroatoms. The van der Waals surface area contributed by atoms with Crippen LogP contribution in [0.2, 0.25) is 0 Å². The second-order valence-corrected chi connectivity index (χ2v) is 5.45. The average Bonchev–Trinajstić information content (AvgIpc) is 2.35. The molecule has 0 aliphatic rings. The lowest BCUT2D eigenvalue weighted by Crippen LogP contribution is -2.41. The van der Waals surface area contributed by atoms with Crippen molar-refractivity contribution in [3.8, 4) is 5.75 Å². The van der Waals surface area contributed by atoms with Gasteiger partial charge < -0.3 is 9.84 Å². The van der Waals surface area contributed by atoms with E-state index < -0.39 is 22.0 Å². The van der Waals surface area contributed by atoms with E-state index in [0.717, 1.165) is 0 Å². The van der Waals surface area contributed by atoms with Gasteiger partial charge in [0.2, 0.25) is 10.0 Å². The first-order valence-electron chi connectivity index (χ1n) is 4.90. The summed E-state index contributed by atoms with van der Waals surface area (Å²) in [5, 5.41) is 8.77. The molecule has 0 aliphatic carbocycles. The Balaban J connectivity index is 2.95. The SMILES string of the molecule is COc1ccc(S(=O)(=O)N[C@@H](CS)C(=O)O)cc1. The van der Waals surface area contributed by atoms with Crippen LogP contribution < -0.4 is 9.46 Å². The van der Waals surface area contributed by atoms with Gasteiger partial charge in [0.1, 0.15) is 11.8 Å². The van der Waals surface area contributed by atoms with Crippen LogP contribution in [0.25, 0.3) is 0 Å². The Labute approximate surface area is 110 Å². The van der Waals surface area contributed by atoms with E-state index in [2.05, 4.69) is 17.4 Å². The predicted molar refractivity (Wildman–Crippen MR) is 68.6 cm³/mol. The molecule has 0 aliphatic heterocycles. The van der Waals surface area contributed by atoms with Crippen LogP contribution in [0.15, 0.2) is 29.2 Å². The molecular weight excluding hydrogens is 278 g/mol. The van der Waals surface area contributed by atoms with Gasteiger partial charge in [-0.3, -0.25) is 4.79 Å². The minimum Gasteiger partial charge on any atom is -0.497 e. The lowest BCUT2D eigenvalue weighted by molar-refractivity contribution is -0.138. The van der Waals surface area contributed by atoms with Crippen LogP contribution in [0, 0.1) is 0 Å².